The minimum absolute atomic E-state index is 0.182. The zero-order valence-electron chi connectivity index (χ0n) is 9.21. The molecule has 10 heteroatoms. The van der Waals surface area contributed by atoms with Crippen molar-refractivity contribution in [3.63, 3.8) is 0 Å². The number of methoxy groups -OCH3 is 2. The zero-order valence-corrected chi connectivity index (χ0v) is 11.6. The Bertz CT molecular complexity index is 486. The van der Waals surface area contributed by atoms with Gasteiger partial charge < -0.3 is 9.47 Å². The van der Waals surface area contributed by atoms with Crippen molar-refractivity contribution in [1.82, 2.24) is 4.98 Å². The molecule has 8 nitrogen and oxygen atoms in total. The molecule has 0 aliphatic carbocycles. The van der Waals surface area contributed by atoms with Crippen molar-refractivity contribution in [3.8, 4) is 0 Å². The van der Waals surface area contributed by atoms with Gasteiger partial charge in [0.1, 0.15) is 0 Å². The van der Waals surface area contributed by atoms with Crippen LogP contribution in [0, 0.1) is 10.1 Å². The van der Waals surface area contributed by atoms with Gasteiger partial charge in [-0.2, -0.15) is 0 Å². The third-order valence-electron chi connectivity index (χ3n) is 1.92. The summed E-state index contributed by atoms with van der Waals surface area (Å²) in [7, 11) is 2.12. The smallest absolute Gasteiger partial charge is 0.349 e. The first-order chi connectivity index (χ1) is 8.42. The van der Waals surface area contributed by atoms with Crippen molar-refractivity contribution in [1.29, 1.82) is 0 Å². The molecule has 0 radical (unpaired) electrons. The molecule has 1 rings (SSSR count). The molecule has 0 aromatic carbocycles. The molecule has 0 atom stereocenters. The molecule has 0 aliphatic rings. The van der Waals surface area contributed by atoms with Gasteiger partial charge in [-0.25, -0.2) is 4.98 Å². The van der Waals surface area contributed by atoms with Crippen LogP contribution in [0.4, 0.5) is 5.00 Å². The highest BCUT2D eigenvalue weighted by atomic mass is 79.9. The number of aromatic nitrogens is 1. The summed E-state index contributed by atoms with van der Waals surface area (Å²) < 4.78 is 9.02. The van der Waals surface area contributed by atoms with Crippen LogP contribution >= 0.6 is 27.3 Å². The van der Waals surface area contributed by atoms with Gasteiger partial charge in [0.15, 0.2) is 9.61 Å². The molecule has 18 heavy (non-hydrogen) atoms. The Morgan fingerprint density at radius 3 is 2.28 bits per heavy atom. The van der Waals surface area contributed by atoms with Crippen LogP contribution in [0.5, 0.6) is 0 Å². The van der Waals surface area contributed by atoms with Crippen LogP contribution in [-0.4, -0.2) is 36.1 Å². The summed E-state index contributed by atoms with van der Waals surface area (Å²) in [6.07, 6.45) is 0. The lowest BCUT2D eigenvalue weighted by Gasteiger charge is -2.09. The summed E-state index contributed by atoms with van der Waals surface area (Å²) in [6.45, 7) is 0. The van der Waals surface area contributed by atoms with E-state index in [1.54, 1.807) is 0 Å². The Morgan fingerprint density at radius 2 is 1.89 bits per heavy atom. The summed E-state index contributed by atoms with van der Waals surface area (Å²) in [6, 6.07) is 0. The number of hydrogen-bond donors (Lipinski definition) is 0. The Kier molecular flexibility index (Phi) is 4.73. The van der Waals surface area contributed by atoms with Crippen molar-refractivity contribution < 1.29 is 24.0 Å². The van der Waals surface area contributed by atoms with Crippen LogP contribution in [0.15, 0.2) is 3.92 Å². The fraction of sp³-hybridized carbons (Fsp3) is 0.375. The normalized spacial score (nSPS) is 10.2. The number of nitro groups is 1. The fourth-order valence-electron chi connectivity index (χ4n) is 1.17. The molecule has 0 unspecified atom stereocenters. The first kappa shape index (κ1) is 14.5. The molecule has 0 N–H and O–H groups in total. The molecule has 0 saturated carbocycles. The van der Waals surface area contributed by atoms with E-state index in [0.717, 1.165) is 14.2 Å². The highest BCUT2D eigenvalue weighted by Crippen LogP contribution is 2.35. The van der Waals surface area contributed by atoms with Crippen molar-refractivity contribution in [3.05, 3.63) is 19.7 Å². The van der Waals surface area contributed by atoms with Crippen LogP contribution in [0.1, 0.15) is 11.6 Å². The number of halogens is 1. The van der Waals surface area contributed by atoms with Gasteiger partial charge in [0, 0.05) is 0 Å². The van der Waals surface area contributed by atoms with Gasteiger partial charge >= 0.3 is 16.9 Å². The van der Waals surface area contributed by atoms with Crippen LogP contribution in [-0.2, 0) is 19.1 Å². The first-order valence-corrected chi connectivity index (χ1v) is 5.99. The average molecular weight is 339 g/mol. The van der Waals surface area contributed by atoms with Crippen molar-refractivity contribution in [2.24, 2.45) is 0 Å². The van der Waals surface area contributed by atoms with E-state index in [4.69, 9.17) is 0 Å². The predicted molar refractivity (Wildman–Crippen MR) is 63.2 cm³/mol. The highest BCUT2D eigenvalue weighted by Gasteiger charge is 2.39. The van der Waals surface area contributed by atoms with E-state index < -0.39 is 27.8 Å². The molecule has 0 saturated heterocycles. The van der Waals surface area contributed by atoms with Gasteiger partial charge in [-0.3, -0.25) is 19.7 Å². The molecule has 0 bridgehead atoms. The molecule has 1 heterocycles. The predicted octanol–water partition coefficient (Wildman–Crippen LogP) is 1.24. The van der Waals surface area contributed by atoms with Crippen molar-refractivity contribution in [2.45, 2.75) is 5.92 Å². The Morgan fingerprint density at radius 1 is 1.39 bits per heavy atom. The van der Waals surface area contributed by atoms with E-state index in [2.05, 4.69) is 30.4 Å². The van der Waals surface area contributed by atoms with Gasteiger partial charge in [-0.05, 0) is 27.3 Å². The number of nitrogens with zero attached hydrogens (tertiary/aromatic N) is 2. The van der Waals surface area contributed by atoms with E-state index >= 15 is 0 Å². The van der Waals surface area contributed by atoms with Gasteiger partial charge in [0.2, 0.25) is 5.92 Å². The lowest BCUT2D eigenvalue weighted by molar-refractivity contribution is -0.381. The van der Waals surface area contributed by atoms with E-state index in [9.17, 15) is 19.7 Å². The lowest BCUT2D eigenvalue weighted by atomic mass is 10.1. The fourth-order valence-corrected chi connectivity index (χ4v) is 2.47. The third-order valence-corrected chi connectivity index (χ3v) is 3.40. The van der Waals surface area contributed by atoms with Crippen LogP contribution in [0.25, 0.3) is 0 Å². The molecule has 0 amide bonds. The van der Waals surface area contributed by atoms with Gasteiger partial charge in [-0.1, -0.05) is 0 Å². The summed E-state index contributed by atoms with van der Waals surface area (Å²) in [4.78, 5) is 36.8. The summed E-state index contributed by atoms with van der Waals surface area (Å²) in [5.41, 5.74) is -0.296. The molecule has 1 aromatic rings. The lowest BCUT2D eigenvalue weighted by Crippen LogP contribution is -2.25. The molecule has 98 valence electrons. The monoisotopic (exact) mass is 338 g/mol. The number of thiazole rings is 1. The number of rotatable bonds is 4. The van der Waals surface area contributed by atoms with E-state index in [1.165, 1.54) is 0 Å². The van der Waals surface area contributed by atoms with Gasteiger partial charge in [0.25, 0.3) is 0 Å². The Balaban J connectivity index is 3.33. The molecule has 0 fully saturated rings. The second-order valence-electron chi connectivity index (χ2n) is 2.89. The minimum Gasteiger partial charge on any atom is -0.468 e. The quantitative estimate of drug-likeness (QED) is 0.351. The molecule has 0 aliphatic heterocycles. The average Bonchev–Trinajstić information content (AvgIpc) is 2.71. The van der Waals surface area contributed by atoms with E-state index in [0.29, 0.717) is 11.3 Å². The maximum absolute atomic E-state index is 11.5. The van der Waals surface area contributed by atoms with Crippen LogP contribution in [0.3, 0.4) is 0 Å². The first-order valence-electron chi connectivity index (χ1n) is 4.38. The largest absolute Gasteiger partial charge is 0.468 e. The van der Waals surface area contributed by atoms with E-state index in [1.807, 2.05) is 0 Å². The molecular weight excluding hydrogens is 332 g/mol. The van der Waals surface area contributed by atoms with Crippen LogP contribution < -0.4 is 0 Å². The standard InChI is InChI=1S/C8H7BrN2O6S/c1-16-6(12)3(7(13)17-2)4-5(11(14)15)18-8(9)10-4/h3H,1-2H3. The summed E-state index contributed by atoms with van der Waals surface area (Å²) >= 11 is 3.66. The maximum Gasteiger partial charge on any atom is 0.349 e. The maximum atomic E-state index is 11.5. The topological polar surface area (TPSA) is 109 Å². The highest BCUT2D eigenvalue weighted by molar-refractivity contribution is 9.11. The molecular formula is C8H7BrN2O6S. The van der Waals surface area contributed by atoms with Crippen LogP contribution in [0.2, 0.25) is 0 Å². The third kappa shape index (κ3) is 2.82. The number of carbonyl (C=O) groups is 2. The molecule has 0 spiro atoms. The second-order valence-corrected chi connectivity index (χ2v) is 5.15. The number of hydrogen-bond acceptors (Lipinski definition) is 8. The number of ether oxygens (including phenoxy) is 2. The van der Waals surface area contributed by atoms with Gasteiger partial charge in [0.05, 0.1) is 19.1 Å². The second kappa shape index (κ2) is 5.87. The van der Waals surface area contributed by atoms with Crippen molar-refractivity contribution >= 4 is 44.2 Å². The number of esters is 2. The van der Waals surface area contributed by atoms with Crippen molar-refractivity contribution in [2.75, 3.05) is 14.2 Å². The summed E-state index contributed by atoms with van der Waals surface area (Å²) in [5, 5.41) is 10.4. The minimum atomic E-state index is -1.57. The number of carbonyl (C=O) groups excluding carboxylic acids is 2. The Hall–Kier alpha value is -1.55. The molecule has 1 aromatic heterocycles. The Labute approximate surface area is 113 Å². The van der Waals surface area contributed by atoms with E-state index in [-0.39, 0.29) is 9.61 Å². The van der Waals surface area contributed by atoms with Gasteiger partial charge in [-0.15, -0.1) is 0 Å². The summed E-state index contributed by atoms with van der Waals surface area (Å²) in [5.74, 6) is -3.51. The SMILES string of the molecule is COC(=O)C(C(=O)OC)c1nc(Br)sc1[N+](=O)[O-]. The zero-order chi connectivity index (χ0) is 13.9.